The van der Waals surface area contributed by atoms with Crippen molar-refractivity contribution in [1.82, 2.24) is 9.88 Å². The Morgan fingerprint density at radius 1 is 1.19 bits per heavy atom. The van der Waals surface area contributed by atoms with Gasteiger partial charge >= 0.3 is 0 Å². The van der Waals surface area contributed by atoms with Crippen LogP contribution in [0.15, 0.2) is 60.2 Å². The van der Waals surface area contributed by atoms with E-state index in [1.54, 1.807) is 18.2 Å². The third kappa shape index (κ3) is 5.42. The summed E-state index contributed by atoms with van der Waals surface area (Å²) in [6.45, 7) is 4.26. The van der Waals surface area contributed by atoms with Crippen molar-refractivity contribution in [1.29, 1.82) is 5.26 Å². The monoisotopic (exact) mass is 435 g/mol. The largest absolute Gasteiger partial charge is 0.351 e. The summed E-state index contributed by atoms with van der Waals surface area (Å²) in [5.41, 5.74) is 4.41. The fourth-order valence-electron chi connectivity index (χ4n) is 3.49. The Bertz CT molecular complexity index is 1160. The van der Waals surface area contributed by atoms with E-state index >= 15 is 0 Å². The van der Waals surface area contributed by atoms with Crippen LogP contribution in [0.3, 0.4) is 0 Å². The van der Waals surface area contributed by atoms with Crippen LogP contribution < -0.4 is 5.32 Å². The van der Waals surface area contributed by atoms with E-state index in [1.807, 2.05) is 60.9 Å². The maximum absolute atomic E-state index is 13.5. The number of carbonyl (C=O) groups excluding carboxylic acids is 1. The standard InChI is InChI=1S/C25H23ClFN3O/c1-17-13-20(18(2)30(17)22-10-11-24(27)23(26)15-22)14-21(16-28)25(31)29-12-6-9-19-7-4-3-5-8-19/h3-5,7-8,10-11,13-15H,6,9,12H2,1-2H3,(H,29,31)/b21-14-. The Labute approximate surface area is 186 Å². The van der Waals surface area contributed by atoms with E-state index < -0.39 is 11.7 Å². The van der Waals surface area contributed by atoms with Crippen LogP contribution in [0.1, 0.15) is 28.9 Å². The molecule has 0 unspecified atom stereocenters. The highest BCUT2D eigenvalue weighted by Gasteiger charge is 2.14. The highest BCUT2D eigenvalue weighted by atomic mass is 35.5. The number of nitrogens with zero attached hydrogens (tertiary/aromatic N) is 2. The smallest absolute Gasteiger partial charge is 0.261 e. The van der Waals surface area contributed by atoms with E-state index in [0.29, 0.717) is 12.2 Å². The number of aryl methyl sites for hydroxylation is 2. The van der Waals surface area contributed by atoms with Gasteiger partial charge in [0.25, 0.3) is 5.91 Å². The molecule has 1 aromatic heterocycles. The Morgan fingerprint density at radius 3 is 2.61 bits per heavy atom. The van der Waals surface area contributed by atoms with Crippen LogP contribution in [0.25, 0.3) is 11.8 Å². The lowest BCUT2D eigenvalue weighted by atomic mass is 10.1. The quantitative estimate of drug-likeness (QED) is 0.301. The van der Waals surface area contributed by atoms with E-state index in [9.17, 15) is 14.4 Å². The zero-order chi connectivity index (χ0) is 22.4. The number of amides is 1. The van der Waals surface area contributed by atoms with Crippen LogP contribution in [0.4, 0.5) is 4.39 Å². The van der Waals surface area contributed by atoms with Crippen LogP contribution in [0.2, 0.25) is 5.02 Å². The van der Waals surface area contributed by atoms with Crippen molar-refractivity contribution in [3.05, 3.63) is 93.5 Å². The Hall–Kier alpha value is -3.36. The van der Waals surface area contributed by atoms with Crippen LogP contribution in [-0.2, 0) is 11.2 Å². The lowest BCUT2D eigenvalue weighted by Crippen LogP contribution is -2.25. The number of aromatic nitrogens is 1. The van der Waals surface area contributed by atoms with E-state index in [4.69, 9.17) is 11.6 Å². The van der Waals surface area contributed by atoms with Crippen molar-refractivity contribution in [3.8, 4) is 11.8 Å². The van der Waals surface area contributed by atoms with Gasteiger partial charge in [-0.3, -0.25) is 4.79 Å². The van der Waals surface area contributed by atoms with Crippen molar-refractivity contribution >= 4 is 23.6 Å². The second kappa shape index (κ2) is 10.1. The zero-order valence-corrected chi connectivity index (χ0v) is 18.2. The summed E-state index contributed by atoms with van der Waals surface area (Å²) in [6, 6.07) is 18.4. The molecule has 1 amide bonds. The predicted octanol–water partition coefficient (Wildman–Crippen LogP) is 5.54. The molecule has 2 aromatic carbocycles. The minimum Gasteiger partial charge on any atom is -0.351 e. The zero-order valence-electron chi connectivity index (χ0n) is 17.5. The Morgan fingerprint density at radius 2 is 1.94 bits per heavy atom. The minimum absolute atomic E-state index is 0.0367. The summed E-state index contributed by atoms with van der Waals surface area (Å²) in [7, 11) is 0. The van der Waals surface area contributed by atoms with Gasteiger partial charge in [-0.15, -0.1) is 0 Å². The molecule has 0 aliphatic carbocycles. The first-order valence-electron chi connectivity index (χ1n) is 9.99. The molecule has 0 radical (unpaired) electrons. The molecule has 0 bridgehead atoms. The molecule has 0 saturated carbocycles. The van der Waals surface area contributed by atoms with Gasteiger partial charge in [0.2, 0.25) is 0 Å². The first kappa shape index (κ1) is 22.3. The average molecular weight is 436 g/mol. The van der Waals surface area contributed by atoms with Gasteiger partial charge in [-0.2, -0.15) is 5.26 Å². The second-order valence-electron chi connectivity index (χ2n) is 7.28. The molecule has 6 heteroatoms. The Balaban J connectivity index is 1.72. The van der Waals surface area contributed by atoms with Crippen LogP contribution >= 0.6 is 11.6 Å². The molecule has 3 aromatic rings. The van der Waals surface area contributed by atoms with Crippen molar-refractivity contribution in [2.75, 3.05) is 6.54 Å². The summed E-state index contributed by atoms with van der Waals surface area (Å²) < 4.78 is 15.4. The van der Waals surface area contributed by atoms with Crippen LogP contribution in [-0.4, -0.2) is 17.0 Å². The average Bonchev–Trinajstić information content (AvgIpc) is 3.05. The van der Waals surface area contributed by atoms with Gasteiger partial charge in [0.15, 0.2) is 0 Å². The fourth-order valence-corrected chi connectivity index (χ4v) is 3.67. The summed E-state index contributed by atoms with van der Waals surface area (Å²) in [4.78, 5) is 12.5. The van der Waals surface area contributed by atoms with Gasteiger partial charge in [0, 0.05) is 23.6 Å². The third-order valence-electron chi connectivity index (χ3n) is 5.07. The molecule has 3 rings (SSSR count). The molecule has 158 valence electrons. The summed E-state index contributed by atoms with van der Waals surface area (Å²) in [5.74, 6) is -0.881. The first-order valence-corrected chi connectivity index (χ1v) is 10.4. The highest BCUT2D eigenvalue weighted by molar-refractivity contribution is 6.30. The SMILES string of the molecule is Cc1cc(/C=C(/C#N)C(=O)NCCCc2ccccc2)c(C)n1-c1ccc(F)c(Cl)c1. The lowest BCUT2D eigenvalue weighted by molar-refractivity contribution is -0.117. The molecular weight excluding hydrogens is 413 g/mol. The third-order valence-corrected chi connectivity index (χ3v) is 5.36. The molecule has 0 fully saturated rings. The molecule has 4 nitrogen and oxygen atoms in total. The number of benzene rings is 2. The topological polar surface area (TPSA) is 57.8 Å². The number of carbonyl (C=O) groups is 1. The summed E-state index contributed by atoms with van der Waals surface area (Å²) in [5, 5.41) is 12.3. The first-order chi connectivity index (χ1) is 14.9. The number of nitrogens with one attached hydrogen (secondary N) is 1. The van der Waals surface area contributed by atoms with Crippen molar-refractivity contribution in [3.63, 3.8) is 0 Å². The van der Waals surface area contributed by atoms with Gasteiger partial charge in [-0.05, 0) is 68.2 Å². The van der Waals surface area contributed by atoms with Gasteiger partial charge in [0.1, 0.15) is 17.5 Å². The molecule has 0 aliphatic heterocycles. The van der Waals surface area contributed by atoms with Crippen molar-refractivity contribution in [2.45, 2.75) is 26.7 Å². The van der Waals surface area contributed by atoms with Crippen molar-refractivity contribution in [2.24, 2.45) is 0 Å². The molecular formula is C25H23ClFN3O. The normalized spacial score (nSPS) is 11.3. The number of nitriles is 1. The van der Waals surface area contributed by atoms with E-state index in [0.717, 1.165) is 29.8 Å². The predicted molar refractivity (Wildman–Crippen MR) is 122 cm³/mol. The van der Waals surface area contributed by atoms with Crippen LogP contribution in [0, 0.1) is 31.0 Å². The highest BCUT2D eigenvalue weighted by Crippen LogP contribution is 2.25. The van der Waals surface area contributed by atoms with Gasteiger partial charge in [0.05, 0.1) is 5.02 Å². The maximum Gasteiger partial charge on any atom is 0.261 e. The van der Waals surface area contributed by atoms with E-state index in [-0.39, 0.29) is 10.6 Å². The van der Waals surface area contributed by atoms with E-state index in [2.05, 4.69) is 5.32 Å². The molecule has 1 heterocycles. The van der Waals surface area contributed by atoms with Crippen LogP contribution in [0.5, 0.6) is 0 Å². The summed E-state index contributed by atoms with van der Waals surface area (Å²) in [6.07, 6.45) is 3.22. The van der Waals surface area contributed by atoms with Gasteiger partial charge < -0.3 is 9.88 Å². The Kier molecular flexibility index (Phi) is 7.28. The van der Waals surface area contributed by atoms with E-state index in [1.165, 1.54) is 11.6 Å². The lowest BCUT2D eigenvalue weighted by Gasteiger charge is -2.10. The number of hydrogen-bond acceptors (Lipinski definition) is 2. The molecule has 0 spiro atoms. The maximum atomic E-state index is 13.5. The minimum atomic E-state index is -0.483. The number of halogens is 2. The fraction of sp³-hybridized carbons (Fsp3) is 0.200. The molecule has 0 aliphatic rings. The van der Waals surface area contributed by atoms with Gasteiger partial charge in [-0.25, -0.2) is 4.39 Å². The molecule has 1 N–H and O–H groups in total. The summed E-state index contributed by atoms with van der Waals surface area (Å²) >= 11 is 5.93. The second-order valence-corrected chi connectivity index (χ2v) is 7.68. The molecule has 0 saturated heterocycles. The number of rotatable bonds is 7. The molecule has 31 heavy (non-hydrogen) atoms. The van der Waals surface area contributed by atoms with Gasteiger partial charge in [-0.1, -0.05) is 41.9 Å². The number of hydrogen-bond donors (Lipinski definition) is 1. The molecule has 0 atom stereocenters. The van der Waals surface area contributed by atoms with Crippen molar-refractivity contribution < 1.29 is 9.18 Å².